The second-order valence-electron chi connectivity index (χ2n) is 8.30. The molecule has 1 amide bonds. The van der Waals surface area contributed by atoms with Gasteiger partial charge in [-0.05, 0) is 50.5 Å². The molecule has 160 valence electrons. The minimum Gasteiger partial charge on any atom is -0.483 e. The largest absolute Gasteiger partial charge is 0.483 e. The van der Waals surface area contributed by atoms with E-state index in [1.165, 1.54) is 0 Å². The summed E-state index contributed by atoms with van der Waals surface area (Å²) in [4.78, 5) is 19.0. The van der Waals surface area contributed by atoms with Gasteiger partial charge in [0.25, 0.3) is 5.91 Å². The fraction of sp³-hybridized carbons (Fsp3) is 0.700. The molecule has 2 bridgehead atoms. The Morgan fingerprint density at radius 2 is 2.00 bits per heavy atom. The van der Waals surface area contributed by atoms with Gasteiger partial charge in [-0.2, -0.15) is 0 Å². The van der Waals surface area contributed by atoms with Crippen LogP contribution >= 0.6 is 0 Å². The lowest BCUT2D eigenvalue weighted by molar-refractivity contribution is -0.140. The summed E-state index contributed by atoms with van der Waals surface area (Å²) in [5, 5.41) is 0. The predicted octanol–water partition coefficient (Wildman–Crippen LogP) is 1.43. The van der Waals surface area contributed by atoms with Crippen molar-refractivity contribution in [3.8, 4) is 5.75 Å². The average Bonchev–Trinajstić information content (AvgIpc) is 2.71. The van der Waals surface area contributed by atoms with Crippen LogP contribution in [0.1, 0.15) is 50.0 Å². The molecule has 1 aliphatic carbocycles. The molecule has 2 unspecified atom stereocenters. The van der Waals surface area contributed by atoms with Gasteiger partial charge >= 0.3 is 0 Å². The number of nitrogens with one attached hydrogen (secondary N) is 1. The summed E-state index contributed by atoms with van der Waals surface area (Å²) in [5.74, 6) is 0.931. The molecule has 5 rings (SSSR count). The highest BCUT2D eigenvalue weighted by Gasteiger charge is 2.37. The molecule has 0 aromatic carbocycles. The lowest BCUT2D eigenvalue weighted by Gasteiger charge is -2.41. The van der Waals surface area contributed by atoms with Crippen molar-refractivity contribution in [1.82, 2.24) is 14.6 Å². The van der Waals surface area contributed by atoms with Crippen molar-refractivity contribution < 1.29 is 22.7 Å². The highest BCUT2D eigenvalue weighted by molar-refractivity contribution is 7.88. The Morgan fingerprint density at radius 1 is 1.21 bits per heavy atom. The fourth-order valence-electron chi connectivity index (χ4n) is 4.81. The maximum Gasteiger partial charge on any atom is 0.260 e. The van der Waals surface area contributed by atoms with Crippen LogP contribution in [0.2, 0.25) is 0 Å². The van der Waals surface area contributed by atoms with E-state index in [1.807, 2.05) is 12.3 Å². The predicted molar refractivity (Wildman–Crippen MR) is 107 cm³/mol. The first kappa shape index (κ1) is 20.6. The Morgan fingerprint density at radius 3 is 2.76 bits per heavy atom. The molecule has 1 aromatic rings. The molecule has 1 aromatic heterocycles. The number of sulfonamides is 1. The number of hydrogen-bond donors (Lipinski definition) is 1. The van der Waals surface area contributed by atoms with E-state index in [0.717, 1.165) is 49.7 Å². The number of aromatic nitrogens is 1. The van der Waals surface area contributed by atoms with Crippen molar-refractivity contribution >= 4 is 15.9 Å². The van der Waals surface area contributed by atoms with Crippen LogP contribution in [0.5, 0.6) is 5.75 Å². The fourth-order valence-corrected chi connectivity index (χ4v) is 5.64. The lowest BCUT2D eigenvalue weighted by atomic mass is 9.83. The SMILES string of the molecule is CS(=O)(=O)NC1CCCN2C(=O)COc3ccncc3C3CCC(CC3)OCC12. The molecule has 1 N–H and O–H groups in total. The molecule has 1 saturated heterocycles. The van der Waals surface area contributed by atoms with Crippen LogP contribution < -0.4 is 9.46 Å². The minimum atomic E-state index is -3.38. The van der Waals surface area contributed by atoms with Crippen LogP contribution in [0.3, 0.4) is 0 Å². The maximum absolute atomic E-state index is 13.0. The van der Waals surface area contributed by atoms with Gasteiger partial charge in [-0.3, -0.25) is 9.78 Å². The van der Waals surface area contributed by atoms with Crippen molar-refractivity contribution in [2.45, 2.75) is 62.6 Å². The number of rotatable bonds is 2. The number of nitrogens with zero attached hydrogens (tertiary/aromatic N) is 2. The highest BCUT2D eigenvalue weighted by atomic mass is 32.2. The van der Waals surface area contributed by atoms with E-state index in [-0.39, 0.29) is 30.7 Å². The first-order valence-corrected chi connectivity index (χ1v) is 12.2. The maximum atomic E-state index is 13.0. The summed E-state index contributed by atoms with van der Waals surface area (Å²) < 4.78 is 38.6. The third kappa shape index (κ3) is 4.90. The molecule has 4 aliphatic rings. The zero-order valence-corrected chi connectivity index (χ0v) is 17.6. The zero-order valence-electron chi connectivity index (χ0n) is 16.7. The normalized spacial score (nSPS) is 30.9. The van der Waals surface area contributed by atoms with Gasteiger partial charge in [0.2, 0.25) is 10.0 Å². The summed E-state index contributed by atoms with van der Waals surface area (Å²) in [6, 6.07) is 1.15. The van der Waals surface area contributed by atoms with Crippen molar-refractivity contribution in [3.63, 3.8) is 0 Å². The van der Waals surface area contributed by atoms with E-state index in [0.29, 0.717) is 25.5 Å². The summed E-state index contributed by atoms with van der Waals surface area (Å²) >= 11 is 0. The third-order valence-corrected chi connectivity index (χ3v) is 6.97. The first-order valence-electron chi connectivity index (χ1n) is 10.4. The Balaban J connectivity index is 1.61. The molecule has 2 fully saturated rings. The number of piperidine rings is 1. The van der Waals surface area contributed by atoms with E-state index >= 15 is 0 Å². The molecule has 0 spiro atoms. The number of ether oxygens (including phenoxy) is 2. The molecule has 8 nitrogen and oxygen atoms in total. The number of amides is 1. The smallest absolute Gasteiger partial charge is 0.260 e. The van der Waals surface area contributed by atoms with Gasteiger partial charge in [-0.15, -0.1) is 0 Å². The van der Waals surface area contributed by atoms with Crippen molar-refractivity contribution in [1.29, 1.82) is 0 Å². The quantitative estimate of drug-likeness (QED) is 0.773. The van der Waals surface area contributed by atoms with Gasteiger partial charge in [0.15, 0.2) is 6.61 Å². The Bertz CT molecular complexity index is 838. The van der Waals surface area contributed by atoms with Crippen LogP contribution in [0.25, 0.3) is 0 Å². The molecule has 9 heteroatoms. The lowest BCUT2D eigenvalue weighted by Crippen LogP contribution is -2.59. The number of pyridine rings is 1. The Labute approximate surface area is 172 Å². The molecule has 29 heavy (non-hydrogen) atoms. The monoisotopic (exact) mass is 423 g/mol. The minimum absolute atomic E-state index is 0.0741. The summed E-state index contributed by atoms with van der Waals surface area (Å²) in [7, 11) is -3.38. The molecular weight excluding hydrogens is 394 g/mol. The summed E-state index contributed by atoms with van der Waals surface area (Å²) in [6.07, 6.45) is 10.1. The van der Waals surface area contributed by atoms with Crippen molar-refractivity contribution in [3.05, 3.63) is 24.0 Å². The topological polar surface area (TPSA) is 97.8 Å². The van der Waals surface area contributed by atoms with Crippen LogP contribution in [-0.2, 0) is 19.6 Å². The van der Waals surface area contributed by atoms with E-state index in [9.17, 15) is 13.2 Å². The second kappa shape index (κ2) is 8.57. The van der Waals surface area contributed by atoms with E-state index in [2.05, 4.69) is 9.71 Å². The van der Waals surface area contributed by atoms with Gasteiger partial charge in [0.05, 0.1) is 25.0 Å². The second-order valence-corrected chi connectivity index (χ2v) is 10.1. The van der Waals surface area contributed by atoms with Crippen LogP contribution in [0, 0.1) is 0 Å². The molecule has 0 radical (unpaired) electrons. The van der Waals surface area contributed by atoms with Crippen LogP contribution in [0.15, 0.2) is 18.5 Å². The summed E-state index contributed by atoms with van der Waals surface area (Å²) in [6.45, 7) is 0.840. The Hall–Kier alpha value is -1.71. The average molecular weight is 424 g/mol. The van der Waals surface area contributed by atoms with Gasteiger partial charge < -0.3 is 14.4 Å². The Kier molecular flexibility index (Phi) is 6.08. The van der Waals surface area contributed by atoms with Gasteiger partial charge in [0.1, 0.15) is 5.75 Å². The highest BCUT2D eigenvalue weighted by Crippen LogP contribution is 2.38. The molecule has 1 saturated carbocycles. The molecule has 4 heterocycles. The van der Waals surface area contributed by atoms with Gasteiger partial charge in [-0.25, -0.2) is 13.1 Å². The third-order valence-electron chi connectivity index (χ3n) is 6.24. The standard InChI is InChI=1S/C20H29N3O5S/c1-29(25,26)22-17-3-2-10-23-18(17)12-27-15-6-4-14(5-7-15)16-11-21-9-8-19(16)28-13-20(23)24/h8-9,11,14-15,17-18,22H,2-7,10,12-13H2,1H3. The van der Waals surface area contributed by atoms with Crippen LogP contribution in [-0.4, -0.2) is 68.4 Å². The molecule has 3 aliphatic heterocycles. The van der Waals surface area contributed by atoms with E-state index in [1.54, 1.807) is 11.1 Å². The molecular formula is C20H29N3O5S. The number of carbonyl (C=O) groups excluding carboxylic acids is 1. The van der Waals surface area contributed by atoms with Crippen LogP contribution in [0.4, 0.5) is 0 Å². The van der Waals surface area contributed by atoms with Gasteiger partial charge in [0, 0.05) is 30.5 Å². The number of fused-ring (bicyclic) bond motifs is 5. The van der Waals surface area contributed by atoms with Crippen molar-refractivity contribution in [2.24, 2.45) is 0 Å². The van der Waals surface area contributed by atoms with Crippen molar-refractivity contribution in [2.75, 3.05) is 26.0 Å². The number of hydrogen-bond acceptors (Lipinski definition) is 6. The zero-order chi connectivity index (χ0) is 20.4. The van der Waals surface area contributed by atoms with Gasteiger partial charge in [-0.1, -0.05) is 0 Å². The molecule has 2 atom stereocenters. The van der Waals surface area contributed by atoms with E-state index in [4.69, 9.17) is 9.47 Å². The number of carbonyl (C=O) groups is 1. The summed E-state index contributed by atoms with van der Waals surface area (Å²) in [5.41, 5.74) is 1.06. The first-order chi connectivity index (χ1) is 13.9. The van der Waals surface area contributed by atoms with E-state index < -0.39 is 10.0 Å².